The lowest BCUT2D eigenvalue weighted by molar-refractivity contribution is -0.254. The van der Waals surface area contributed by atoms with Gasteiger partial charge in [-0.25, -0.2) is 0 Å². The van der Waals surface area contributed by atoms with Gasteiger partial charge in [-0.3, -0.25) is 14.4 Å². The first-order valence-corrected chi connectivity index (χ1v) is 13.2. The van der Waals surface area contributed by atoms with E-state index in [2.05, 4.69) is 0 Å². The van der Waals surface area contributed by atoms with Crippen LogP contribution >= 0.6 is 0 Å². The lowest BCUT2D eigenvalue weighted by atomic mass is 9.72. The van der Waals surface area contributed by atoms with Crippen molar-refractivity contribution in [3.05, 3.63) is 51.6 Å². The molecule has 2 aromatic rings. The summed E-state index contributed by atoms with van der Waals surface area (Å²) in [7, 11) is 4.92. The van der Waals surface area contributed by atoms with Crippen LogP contribution in [0.15, 0.2) is 18.2 Å². The quantitative estimate of drug-likeness (QED) is 0.260. The number of aliphatic hydroxyl groups is 3. The summed E-state index contributed by atoms with van der Waals surface area (Å²) >= 11 is 0. The van der Waals surface area contributed by atoms with Crippen LogP contribution in [0.3, 0.4) is 0 Å². The Morgan fingerprint density at radius 3 is 2.41 bits per heavy atom. The molecule has 2 aromatic carbocycles. The van der Waals surface area contributed by atoms with Crippen molar-refractivity contribution >= 4 is 17.3 Å². The van der Waals surface area contributed by atoms with E-state index in [9.17, 15) is 39.9 Å². The molecule has 2 aliphatic carbocycles. The van der Waals surface area contributed by atoms with E-state index in [4.69, 9.17) is 14.2 Å². The highest BCUT2D eigenvalue weighted by atomic mass is 16.7. The Kier molecular flexibility index (Phi) is 7.43. The van der Waals surface area contributed by atoms with Crippen LogP contribution in [0.1, 0.15) is 68.8 Å². The first-order chi connectivity index (χ1) is 19.3. The van der Waals surface area contributed by atoms with E-state index in [-0.39, 0.29) is 40.5 Å². The highest BCUT2D eigenvalue weighted by Gasteiger charge is 2.50. The average molecular weight is 572 g/mol. The smallest absolute Gasteiger partial charge is 0.202 e. The van der Waals surface area contributed by atoms with Crippen LogP contribution in [-0.2, 0) is 20.7 Å². The van der Waals surface area contributed by atoms with Crippen LogP contribution < -0.4 is 4.74 Å². The third kappa shape index (κ3) is 4.51. The maximum Gasteiger partial charge on any atom is 0.202 e. The number of nitrogens with zero attached hydrogens (tertiary/aromatic N) is 1. The number of carbonyl (C=O) groups excluding carboxylic acids is 3. The highest BCUT2D eigenvalue weighted by molar-refractivity contribution is 6.31. The zero-order valence-corrected chi connectivity index (χ0v) is 23.1. The first kappa shape index (κ1) is 29.1. The van der Waals surface area contributed by atoms with Crippen molar-refractivity contribution in [2.75, 3.05) is 27.8 Å². The first-order valence-electron chi connectivity index (χ1n) is 13.2. The largest absolute Gasteiger partial charge is 0.507 e. The van der Waals surface area contributed by atoms with Gasteiger partial charge in [0.05, 0.1) is 48.2 Å². The number of Topliss-reactive ketones (excluding diaryl/α,β-unsaturated/α-hetero) is 1. The number of carbonyl (C=O) groups is 3. The normalized spacial score (nSPS) is 29.1. The zero-order chi connectivity index (χ0) is 30.0. The van der Waals surface area contributed by atoms with E-state index < -0.39 is 89.6 Å². The fraction of sp³-hybridized carbons (Fsp3) is 0.483. The summed E-state index contributed by atoms with van der Waals surface area (Å²) in [5.74, 6) is -3.72. The molecule has 0 saturated carbocycles. The lowest BCUT2D eigenvalue weighted by Crippen LogP contribution is -2.55. The van der Waals surface area contributed by atoms with Crippen molar-refractivity contribution in [1.82, 2.24) is 4.90 Å². The molecule has 1 aliphatic heterocycles. The molecule has 6 atom stereocenters. The molecule has 12 heteroatoms. The number of rotatable bonds is 6. The number of hydrogen-bond donors (Lipinski definition) is 5. The molecule has 220 valence electrons. The molecule has 0 radical (unpaired) electrons. The van der Waals surface area contributed by atoms with Crippen molar-refractivity contribution in [2.45, 2.75) is 62.4 Å². The van der Waals surface area contributed by atoms with Crippen molar-refractivity contribution in [3.63, 3.8) is 0 Å². The molecule has 0 unspecified atom stereocenters. The fourth-order valence-corrected chi connectivity index (χ4v) is 6.45. The van der Waals surface area contributed by atoms with Gasteiger partial charge in [-0.15, -0.1) is 0 Å². The number of ether oxygens (including phenoxy) is 3. The van der Waals surface area contributed by atoms with Crippen LogP contribution in [0.5, 0.6) is 17.2 Å². The minimum atomic E-state index is -2.24. The molecule has 12 nitrogen and oxygen atoms in total. The average Bonchev–Trinajstić information content (AvgIpc) is 2.91. The Morgan fingerprint density at radius 2 is 1.80 bits per heavy atom. The third-order valence-electron chi connectivity index (χ3n) is 8.33. The standard InChI is InChI=1S/C29H33NO11/c1-12-24(30(2)3)15(32)8-19(40-12)41-17-10-29(38,18(33)11-31)9-14-21(17)28(37)23-22(26(14)35)25(34)13-6-5-7-16(39-4)20(13)27(23)36/h5-7,12,15,17,19,24,31-32,35,37-38H,8-11H2,1-4H3/t12-,15-,17-,19-,24+,29-/m0/s1. The minimum absolute atomic E-state index is 0.00503. The number of phenolic OH excluding ortho intramolecular Hbond substituents is 2. The summed E-state index contributed by atoms with van der Waals surface area (Å²) in [6.07, 6.45) is -4.77. The molecule has 0 amide bonds. The third-order valence-corrected chi connectivity index (χ3v) is 8.33. The zero-order valence-electron chi connectivity index (χ0n) is 23.1. The van der Waals surface area contributed by atoms with Crippen molar-refractivity contribution in [2.24, 2.45) is 0 Å². The maximum absolute atomic E-state index is 13.7. The van der Waals surface area contributed by atoms with Gasteiger partial charge >= 0.3 is 0 Å². The van der Waals surface area contributed by atoms with Crippen LogP contribution in [-0.4, -0.2) is 106 Å². The van der Waals surface area contributed by atoms with Crippen LogP contribution in [0, 0.1) is 0 Å². The summed E-state index contributed by atoms with van der Waals surface area (Å²) in [4.78, 5) is 41.8. The minimum Gasteiger partial charge on any atom is -0.507 e. The topological polar surface area (TPSA) is 183 Å². The number of phenols is 2. The summed E-state index contributed by atoms with van der Waals surface area (Å²) in [6.45, 7) is 0.736. The monoisotopic (exact) mass is 571 g/mol. The Balaban J connectivity index is 1.65. The summed E-state index contributed by atoms with van der Waals surface area (Å²) in [6, 6.07) is 4.05. The molecular weight excluding hydrogens is 538 g/mol. The Bertz CT molecular complexity index is 1420. The van der Waals surface area contributed by atoms with Gasteiger partial charge < -0.3 is 44.6 Å². The van der Waals surface area contributed by atoms with Gasteiger partial charge in [-0.05, 0) is 27.1 Å². The molecule has 0 aromatic heterocycles. The molecule has 1 fully saturated rings. The van der Waals surface area contributed by atoms with Gasteiger partial charge in [0.15, 0.2) is 17.9 Å². The van der Waals surface area contributed by atoms with Crippen LogP contribution in [0.25, 0.3) is 0 Å². The van der Waals surface area contributed by atoms with Crippen LogP contribution in [0.2, 0.25) is 0 Å². The van der Waals surface area contributed by atoms with E-state index in [0.29, 0.717) is 0 Å². The number of hydrogen-bond acceptors (Lipinski definition) is 12. The van der Waals surface area contributed by atoms with Crippen molar-refractivity contribution < 1.29 is 54.1 Å². The van der Waals surface area contributed by atoms with E-state index >= 15 is 0 Å². The SMILES string of the molecule is COc1cccc2c1C(=O)c1c(O)c3c(c(O)c1C2=O)C[C@@](O)(C(=O)CO)C[C@@H]3O[C@H]1C[C@H](O)[C@H](N(C)C)[C@H](C)O1. The number of aromatic hydroxyl groups is 2. The summed E-state index contributed by atoms with van der Waals surface area (Å²) in [5, 5.41) is 54.6. The predicted molar refractivity (Wildman–Crippen MR) is 141 cm³/mol. The molecule has 5 rings (SSSR count). The Morgan fingerprint density at radius 1 is 1.12 bits per heavy atom. The number of methoxy groups -OCH3 is 1. The Labute approximate surface area is 235 Å². The van der Waals surface area contributed by atoms with Gasteiger partial charge in [-0.1, -0.05) is 12.1 Å². The summed E-state index contributed by atoms with van der Waals surface area (Å²) in [5.41, 5.74) is -3.57. The Hall–Kier alpha value is -3.39. The van der Waals surface area contributed by atoms with E-state index in [1.165, 1.54) is 25.3 Å². The molecule has 0 spiro atoms. The van der Waals surface area contributed by atoms with E-state index in [1.807, 2.05) is 4.90 Å². The van der Waals surface area contributed by atoms with Gasteiger partial charge in [0.1, 0.15) is 29.5 Å². The molecule has 41 heavy (non-hydrogen) atoms. The second-order valence-electron chi connectivity index (χ2n) is 11.0. The molecular formula is C29H33NO11. The van der Waals surface area contributed by atoms with Crippen molar-refractivity contribution in [3.8, 4) is 17.2 Å². The van der Waals surface area contributed by atoms with Crippen LogP contribution in [0.4, 0.5) is 0 Å². The molecule has 0 bridgehead atoms. The fourth-order valence-electron chi connectivity index (χ4n) is 6.45. The molecule has 5 N–H and O–H groups in total. The maximum atomic E-state index is 13.7. The van der Waals surface area contributed by atoms with Gasteiger partial charge in [0.2, 0.25) is 5.78 Å². The van der Waals surface area contributed by atoms with E-state index in [1.54, 1.807) is 21.0 Å². The second-order valence-corrected chi connectivity index (χ2v) is 11.0. The van der Waals surface area contributed by atoms with E-state index in [0.717, 1.165) is 0 Å². The number of benzene rings is 2. The molecule has 3 aliphatic rings. The molecule has 1 heterocycles. The van der Waals surface area contributed by atoms with Crippen molar-refractivity contribution in [1.29, 1.82) is 0 Å². The predicted octanol–water partition coefficient (Wildman–Crippen LogP) is 0.604. The van der Waals surface area contributed by atoms with Gasteiger partial charge in [-0.2, -0.15) is 0 Å². The lowest BCUT2D eigenvalue weighted by Gasteiger charge is -2.44. The number of ketones is 3. The van der Waals surface area contributed by atoms with Gasteiger partial charge in [0.25, 0.3) is 0 Å². The second kappa shape index (κ2) is 10.5. The molecule has 1 saturated heterocycles. The van der Waals surface area contributed by atoms with Gasteiger partial charge in [0, 0.05) is 36.0 Å². The summed E-state index contributed by atoms with van der Waals surface area (Å²) < 4.78 is 17.4. The highest BCUT2D eigenvalue weighted by Crippen LogP contribution is 2.52. The number of likely N-dealkylation sites (N-methyl/N-ethyl adjacent to an activating group) is 1. The number of fused-ring (bicyclic) bond motifs is 3. The number of aliphatic hydroxyl groups excluding tert-OH is 2.